The Labute approximate surface area is 121 Å². The van der Waals surface area contributed by atoms with Gasteiger partial charge >= 0.3 is 104 Å². The first kappa shape index (κ1) is 22.8. The maximum absolute atomic E-state index is 8.56. The van der Waals surface area contributed by atoms with Gasteiger partial charge in [0.05, 0.1) is 0 Å². The molecule has 0 heterocycles. The van der Waals surface area contributed by atoms with E-state index in [-0.39, 0.29) is 103 Å². The van der Waals surface area contributed by atoms with Crippen molar-refractivity contribution in [2.45, 2.75) is 0 Å². The molecule has 4 nitrogen and oxygen atoms in total. The first-order valence-corrected chi connectivity index (χ1v) is 0.651. The molecule has 0 fully saturated rings. The van der Waals surface area contributed by atoms with Gasteiger partial charge in [0.15, 0.2) is 0 Å². The summed E-state index contributed by atoms with van der Waals surface area (Å²) in [6, 6.07) is 0. The number of carbonyl (C=O) groups is 1. The van der Waals surface area contributed by atoms with Crippen molar-refractivity contribution in [2.24, 2.45) is 0 Å². The molecule has 0 aliphatic carbocycles. The molecule has 0 atom stereocenters. The number of carboxylic acid groups (broad SMARTS) is 2. The predicted molar refractivity (Wildman–Crippen MR) is 22.8 cm³/mol. The first-order valence-electron chi connectivity index (χ1n) is 0.651. The molecule has 0 aromatic rings. The van der Waals surface area contributed by atoms with Crippen LogP contribution < -0.4 is 0 Å². The fraction of sp³-hybridized carbons (Fsp3) is 0. The van der Waals surface area contributed by atoms with Crippen LogP contribution in [0.5, 0.6) is 0 Å². The summed E-state index contributed by atoms with van der Waals surface area (Å²) in [7, 11) is 0. The fourth-order valence-corrected chi connectivity index (χ4v) is 0. The van der Waals surface area contributed by atoms with Gasteiger partial charge in [-0.05, 0) is 0 Å². The molecule has 0 spiro atoms. The summed E-state index contributed by atoms with van der Waals surface area (Å²) in [6.45, 7) is 0. The van der Waals surface area contributed by atoms with Crippen LogP contribution in [-0.4, -0.2) is 114 Å². The molecule has 0 aliphatic heterocycles. The predicted octanol–water partition coefficient (Wildman–Crippen LogP) is -0.658. The van der Waals surface area contributed by atoms with Crippen molar-refractivity contribution in [1.29, 1.82) is 0 Å². The van der Waals surface area contributed by atoms with Crippen LogP contribution in [0.3, 0.4) is 0 Å². The Bertz CT molecular complexity index is 32.7. The second-order valence-corrected chi connectivity index (χ2v) is 0.283. The van der Waals surface area contributed by atoms with Crippen LogP contribution in [0.15, 0.2) is 0 Å². The van der Waals surface area contributed by atoms with Crippen molar-refractivity contribution in [3.63, 3.8) is 0 Å². The van der Waals surface area contributed by atoms with E-state index in [1.807, 2.05) is 0 Å². The van der Waals surface area contributed by atoms with Gasteiger partial charge in [-0.3, -0.25) is 0 Å². The molecule has 0 bridgehead atoms. The molecule has 0 saturated heterocycles. The van der Waals surface area contributed by atoms with E-state index >= 15 is 0 Å². The first-order chi connectivity index (χ1) is 1.73. The van der Waals surface area contributed by atoms with Crippen LogP contribution in [-0.2, 0) is 5.48 Å². The topological polar surface area (TPSA) is 86.0 Å². The van der Waals surface area contributed by atoms with Crippen molar-refractivity contribution >= 4 is 104 Å². The summed E-state index contributed by atoms with van der Waals surface area (Å²) in [5.74, 6) is 0. The zero-order valence-electron chi connectivity index (χ0n) is 3.63. The third-order valence-corrected chi connectivity index (χ3v) is 0. The van der Waals surface area contributed by atoms with Crippen molar-refractivity contribution in [2.75, 3.05) is 0 Å². The zero-order chi connectivity index (χ0) is 3.58. The average molecular weight is 353 g/mol. The van der Waals surface area contributed by atoms with Gasteiger partial charge in [-0.15, -0.1) is 0 Å². The summed E-state index contributed by atoms with van der Waals surface area (Å²) in [5, 5.41) is 13.9. The Morgan fingerprint density at radius 2 is 1.14 bits per heavy atom. The van der Waals surface area contributed by atoms with Crippen LogP contribution in [0, 0.1) is 0 Å². The van der Waals surface area contributed by atoms with Gasteiger partial charge in [0.1, 0.15) is 0 Å². The minimum absolute atomic E-state index is 0. The van der Waals surface area contributed by atoms with Crippen LogP contribution in [0.2, 0.25) is 0 Å². The molecular formula is CH2Ba2O4+2. The van der Waals surface area contributed by atoms with Crippen molar-refractivity contribution < 1.29 is 20.5 Å². The van der Waals surface area contributed by atoms with Gasteiger partial charge in [0.25, 0.3) is 0 Å². The molecule has 0 rings (SSSR count). The quantitative estimate of drug-likeness (QED) is 0.568. The second kappa shape index (κ2) is 15.8. The normalized spacial score (nSPS) is 3.43. The van der Waals surface area contributed by atoms with E-state index in [2.05, 4.69) is 0 Å². The molecule has 0 aromatic carbocycles. The maximum atomic E-state index is 8.56. The van der Waals surface area contributed by atoms with Gasteiger partial charge in [-0.1, -0.05) is 0 Å². The monoisotopic (exact) mass is 354 g/mol. The summed E-state index contributed by atoms with van der Waals surface area (Å²) in [5.41, 5.74) is 0. The van der Waals surface area contributed by atoms with Gasteiger partial charge < -0.3 is 15.7 Å². The largest absolute Gasteiger partial charge is 2.00 e. The zero-order valence-corrected chi connectivity index (χ0v) is 12.5. The van der Waals surface area contributed by atoms with E-state index in [0.717, 1.165) is 0 Å². The van der Waals surface area contributed by atoms with Gasteiger partial charge in [-0.2, -0.15) is 0 Å². The van der Waals surface area contributed by atoms with Crippen LogP contribution >= 0.6 is 0 Å². The minimum atomic E-state index is -1.83. The van der Waals surface area contributed by atoms with E-state index in [1.54, 1.807) is 0 Å². The van der Waals surface area contributed by atoms with Gasteiger partial charge in [-0.25, -0.2) is 4.79 Å². The van der Waals surface area contributed by atoms with E-state index in [9.17, 15) is 0 Å². The van der Waals surface area contributed by atoms with Crippen molar-refractivity contribution in [1.82, 2.24) is 0 Å². The number of hydrogen-bond acceptors (Lipinski definition) is 1. The third kappa shape index (κ3) is 60.4. The molecule has 2 N–H and O–H groups in total. The van der Waals surface area contributed by atoms with Crippen LogP contribution in [0.25, 0.3) is 0 Å². The molecule has 0 unspecified atom stereocenters. The fourth-order valence-electron chi connectivity index (χ4n) is 0. The van der Waals surface area contributed by atoms with E-state index < -0.39 is 6.16 Å². The Morgan fingerprint density at radius 1 is 1.14 bits per heavy atom. The van der Waals surface area contributed by atoms with Crippen molar-refractivity contribution in [3.05, 3.63) is 0 Å². The van der Waals surface area contributed by atoms with E-state index in [0.29, 0.717) is 0 Å². The molecule has 7 heavy (non-hydrogen) atoms. The van der Waals surface area contributed by atoms with Gasteiger partial charge in [0.2, 0.25) is 0 Å². The Balaban J connectivity index is -0.0000000150. The van der Waals surface area contributed by atoms with E-state index in [4.69, 9.17) is 15.0 Å². The molecule has 0 radical (unpaired) electrons. The Kier molecular flexibility index (Phi) is 51.3. The number of hydrogen-bond donors (Lipinski definition) is 2. The molecule has 0 amide bonds. The van der Waals surface area contributed by atoms with Gasteiger partial charge in [0, 0.05) is 0 Å². The standard InChI is InChI=1S/CH2O3.2Ba.O/c2-1(3)4;;;/h(H2,2,3,4);;;/q;2*+2;-2. The van der Waals surface area contributed by atoms with Crippen molar-refractivity contribution in [3.8, 4) is 0 Å². The minimum Gasteiger partial charge on any atom is -2.00 e. The summed E-state index contributed by atoms with van der Waals surface area (Å²) in [4.78, 5) is 8.56. The molecule has 0 aromatic heterocycles. The molecular weight excluding hydrogens is 351 g/mol. The number of rotatable bonds is 0. The molecule has 0 aliphatic rings. The van der Waals surface area contributed by atoms with E-state index in [1.165, 1.54) is 0 Å². The second-order valence-electron chi connectivity index (χ2n) is 0.283. The Hall–Kier alpha value is 2.37. The maximum Gasteiger partial charge on any atom is 2.00 e. The molecule has 32 valence electrons. The third-order valence-electron chi connectivity index (χ3n) is 0. The Morgan fingerprint density at radius 3 is 1.14 bits per heavy atom. The summed E-state index contributed by atoms with van der Waals surface area (Å²) >= 11 is 0. The summed E-state index contributed by atoms with van der Waals surface area (Å²) in [6.07, 6.45) is -1.83. The average Bonchev–Trinajstić information content (AvgIpc) is 0.811. The van der Waals surface area contributed by atoms with Crippen LogP contribution in [0.4, 0.5) is 4.79 Å². The molecule has 0 saturated carbocycles. The summed E-state index contributed by atoms with van der Waals surface area (Å²) < 4.78 is 0. The molecule has 6 heteroatoms. The van der Waals surface area contributed by atoms with Crippen LogP contribution in [0.1, 0.15) is 0 Å². The SMILES string of the molecule is O=C(O)O.[Ba+2].[Ba+2].[O-2]. The smallest absolute Gasteiger partial charge is 2.00 e.